The smallest absolute Gasteiger partial charge is 0.251 e. The van der Waals surface area contributed by atoms with E-state index < -0.39 is 28.8 Å². The number of halogens is 2. The maximum Gasteiger partial charge on any atom is 0.251 e. The topological polar surface area (TPSA) is 114 Å². The third kappa shape index (κ3) is 8.27. The quantitative estimate of drug-likeness (QED) is 0.178. The maximum atomic E-state index is 13.5. The van der Waals surface area contributed by atoms with E-state index >= 15 is 0 Å². The molecule has 3 aromatic rings. The number of benzene rings is 3. The lowest BCUT2D eigenvalue weighted by Gasteiger charge is -2.38. The van der Waals surface area contributed by atoms with Crippen LogP contribution in [0, 0.1) is 0 Å². The first-order valence-corrected chi connectivity index (χ1v) is 15.6. The van der Waals surface area contributed by atoms with Gasteiger partial charge in [-0.2, -0.15) is 0 Å². The fraction of sp³-hybridized carbons (Fsp3) is 0.345. The Morgan fingerprint density at radius 1 is 1.05 bits per heavy atom. The van der Waals surface area contributed by atoms with Crippen LogP contribution in [0.2, 0.25) is 10.0 Å². The maximum absolute atomic E-state index is 13.5. The van der Waals surface area contributed by atoms with Crippen molar-refractivity contribution in [3.63, 3.8) is 0 Å². The van der Waals surface area contributed by atoms with Gasteiger partial charge in [0, 0.05) is 41.3 Å². The van der Waals surface area contributed by atoms with E-state index in [9.17, 15) is 19.0 Å². The molecule has 1 heterocycles. The summed E-state index contributed by atoms with van der Waals surface area (Å²) in [5, 5.41) is 18.4. The van der Waals surface area contributed by atoms with Crippen LogP contribution in [0.15, 0.2) is 66.7 Å². The molecule has 0 radical (unpaired) electrons. The van der Waals surface area contributed by atoms with Gasteiger partial charge >= 0.3 is 0 Å². The normalized spacial score (nSPS) is 16.8. The summed E-state index contributed by atoms with van der Waals surface area (Å²) in [6.07, 6.45) is 0.130. The zero-order valence-electron chi connectivity index (χ0n) is 22.2. The van der Waals surface area contributed by atoms with Crippen LogP contribution in [0.5, 0.6) is 5.75 Å². The molecule has 2 atom stereocenters. The number of amides is 1. The molecule has 0 saturated carbocycles. The highest BCUT2D eigenvalue weighted by atomic mass is 35.5. The van der Waals surface area contributed by atoms with E-state index in [1.165, 1.54) is 4.31 Å². The molecule has 216 valence electrons. The van der Waals surface area contributed by atoms with Crippen LogP contribution in [0.4, 0.5) is 5.69 Å². The molecular weight excluding hydrogens is 573 g/mol. The molecular formula is C29H35Cl2N3O5S. The Kier molecular flexibility index (Phi) is 10.6. The van der Waals surface area contributed by atoms with Gasteiger partial charge in [-0.3, -0.25) is 18.2 Å². The van der Waals surface area contributed by atoms with Gasteiger partial charge in [0.25, 0.3) is 5.91 Å². The van der Waals surface area contributed by atoms with Gasteiger partial charge in [0.2, 0.25) is 0 Å². The number of hydrogen-bond donors (Lipinski definition) is 5. The van der Waals surface area contributed by atoms with Crippen molar-refractivity contribution in [1.29, 1.82) is 0 Å². The molecule has 8 nitrogen and oxygen atoms in total. The summed E-state index contributed by atoms with van der Waals surface area (Å²) < 4.78 is 28.2. The van der Waals surface area contributed by atoms with Crippen molar-refractivity contribution >= 4 is 45.6 Å². The lowest BCUT2D eigenvalue weighted by molar-refractivity contribution is 0.0829. The molecule has 4 rings (SSSR count). The van der Waals surface area contributed by atoms with Crippen molar-refractivity contribution in [2.75, 3.05) is 29.8 Å². The first-order chi connectivity index (χ1) is 19.1. The first-order valence-electron chi connectivity index (χ1n) is 13.1. The zero-order chi connectivity index (χ0) is 28.7. The predicted molar refractivity (Wildman–Crippen MR) is 163 cm³/mol. The van der Waals surface area contributed by atoms with Gasteiger partial charge in [0.15, 0.2) is 0 Å². The van der Waals surface area contributed by atoms with Crippen LogP contribution in [-0.4, -0.2) is 57.7 Å². The van der Waals surface area contributed by atoms with E-state index in [0.717, 1.165) is 11.1 Å². The number of aliphatic hydroxyl groups excluding tert-OH is 1. The molecule has 5 N–H and O–H groups in total. The van der Waals surface area contributed by atoms with Gasteiger partial charge in [-0.25, -0.2) is 0 Å². The summed E-state index contributed by atoms with van der Waals surface area (Å²) in [6, 6.07) is 19.2. The lowest BCUT2D eigenvalue weighted by Crippen LogP contribution is -2.48. The van der Waals surface area contributed by atoms with E-state index in [1.807, 2.05) is 37.3 Å². The highest BCUT2D eigenvalue weighted by molar-refractivity contribution is 8.25. The average Bonchev–Trinajstić information content (AvgIpc) is 3.27. The molecule has 3 aromatic carbocycles. The largest absolute Gasteiger partial charge is 0.494 e. The molecule has 0 aromatic heterocycles. The lowest BCUT2D eigenvalue weighted by atomic mass is 10.00. The van der Waals surface area contributed by atoms with Crippen LogP contribution in [-0.2, 0) is 13.0 Å². The Hall–Kier alpha value is -2.50. The molecule has 1 aliphatic heterocycles. The van der Waals surface area contributed by atoms with Crippen LogP contribution >= 0.6 is 34.0 Å². The van der Waals surface area contributed by atoms with Gasteiger partial charge in [0.05, 0.1) is 30.2 Å². The van der Waals surface area contributed by atoms with Crippen molar-refractivity contribution in [3.8, 4) is 5.75 Å². The molecule has 1 amide bonds. The molecule has 1 fully saturated rings. The summed E-state index contributed by atoms with van der Waals surface area (Å²) >= 11 is 12.2. The second-order valence-corrected chi connectivity index (χ2v) is 12.7. The van der Waals surface area contributed by atoms with Gasteiger partial charge in [-0.15, -0.1) is 10.8 Å². The molecule has 0 spiro atoms. The minimum absolute atomic E-state index is 0.209. The Balaban J connectivity index is 1.52. The number of carbonyl (C=O) groups excluding carboxylic acids is 1. The van der Waals surface area contributed by atoms with E-state index in [4.69, 9.17) is 27.9 Å². The van der Waals surface area contributed by atoms with Gasteiger partial charge in [-0.05, 0) is 61.2 Å². The van der Waals surface area contributed by atoms with E-state index in [1.54, 1.807) is 36.4 Å². The van der Waals surface area contributed by atoms with Crippen LogP contribution in [0.3, 0.4) is 0 Å². The SMILES string of the molecule is CCOc1cc(C(=O)N[C@@H](Cc2ccccc2)[C@H](O)CNCc2cc(Cl)cc(Cl)c2)cc(N2CCCS2(O)O)c1. The average molecular weight is 609 g/mol. The minimum atomic E-state index is -2.95. The standard InChI is InChI=1S/C29H35Cl2N3O5S/c1-2-39-26-15-22(14-25(17-26)34-9-6-10-40(34,37)38)29(36)33-27(13-20-7-4-3-5-8-20)28(35)19-32-18-21-11-23(30)16-24(31)12-21/h3-5,7-8,11-12,14-17,27-28,32,35,37-38H,2,6,9-10,13,18-19H2,1H3,(H,33,36)/t27-,28+/m0/s1. The number of ether oxygens (including phenoxy) is 1. The Morgan fingerprint density at radius 3 is 2.42 bits per heavy atom. The number of anilines is 1. The summed E-state index contributed by atoms with van der Waals surface area (Å²) in [5.41, 5.74) is 2.65. The minimum Gasteiger partial charge on any atom is -0.494 e. The van der Waals surface area contributed by atoms with E-state index in [2.05, 4.69) is 10.6 Å². The predicted octanol–water partition coefficient (Wildman–Crippen LogP) is 5.76. The summed E-state index contributed by atoms with van der Waals surface area (Å²) in [4.78, 5) is 13.5. The summed E-state index contributed by atoms with van der Waals surface area (Å²) in [7, 11) is -2.95. The Morgan fingerprint density at radius 2 is 1.77 bits per heavy atom. The van der Waals surface area contributed by atoms with Crippen molar-refractivity contribution in [2.24, 2.45) is 0 Å². The van der Waals surface area contributed by atoms with Crippen molar-refractivity contribution in [2.45, 2.75) is 38.5 Å². The fourth-order valence-electron chi connectivity index (χ4n) is 4.69. The third-order valence-corrected chi connectivity index (χ3v) is 8.94. The molecule has 1 aliphatic rings. The van der Waals surface area contributed by atoms with Gasteiger partial charge in [0.1, 0.15) is 5.75 Å². The molecule has 0 bridgehead atoms. The van der Waals surface area contributed by atoms with E-state index in [-0.39, 0.29) is 12.3 Å². The number of hydrogen-bond acceptors (Lipinski definition) is 7. The van der Waals surface area contributed by atoms with Crippen molar-refractivity contribution in [3.05, 3.63) is 93.5 Å². The van der Waals surface area contributed by atoms with Crippen molar-refractivity contribution in [1.82, 2.24) is 10.6 Å². The monoisotopic (exact) mass is 607 g/mol. The second kappa shape index (κ2) is 13.9. The number of nitrogens with zero attached hydrogens (tertiary/aromatic N) is 1. The zero-order valence-corrected chi connectivity index (χ0v) is 24.6. The Bertz CT molecular complexity index is 1280. The molecule has 40 heavy (non-hydrogen) atoms. The Labute approximate surface area is 246 Å². The second-order valence-electron chi connectivity index (χ2n) is 9.69. The highest BCUT2D eigenvalue weighted by Gasteiger charge is 2.30. The van der Waals surface area contributed by atoms with Crippen LogP contribution < -0.4 is 19.7 Å². The third-order valence-electron chi connectivity index (χ3n) is 6.57. The van der Waals surface area contributed by atoms with E-state index in [0.29, 0.717) is 59.6 Å². The summed E-state index contributed by atoms with van der Waals surface area (Å²) in [6.45, 7) is 3.34. The first kappa shape index (κ1) is 30.5. The molecule has 11 heteroatoms. The van der Waals surface area contributed by atoms with Crippen molar-refractivity contribution < 1.29 is 23.7 Å². The molecule has 0 aliphatic carbocycles. The number of carbonyl (C=O) groups is 1. The summed E-state index contributed by atoms with van der Waals surface area (Å²) in [5.74, 6) is 0.335. The number of aliphatic hydroxyl groups is 1. The number of rotatable bonds is 12. The highest BCUT2D eigenvalue weighted by Crippen LogP contribution is 2.51. The van der Waals surface area contributed by atoms with Gasteiger partial charge in [-0.1, -0.05) is 53.5 Å². The van der Waals surface area contributed by atoms with Crippen LogP contribution in [0.25, 0.3) is 0 Å². The molecule has 0 unspecified atom stereocenters. The number of nitrogens with one attached hydrogen (secondary N) is 2. The van der Waals surface area contributed by atoms with Gasteiger partial charge < -0.3 is 20.5 Å². The van der Waals surface area contributed by atoms with Crippen LogP contribution in [0.1, 0.15) is 34.8 Å². The fourth-order valence-corrected chi connectivity index (χ4v) is 6.86. The molecule has 1 saturated heterocycles.